The number of amides is 1. The number of nitrogens with zero attached hydrogens (tertiary/aromatic N) is 3. The van der Waals surface area contributed by atoms with Gasteiger partial charge in [0.05, 0.1) is 0 Å². The summed E-state index contributed by atoms with van der Waals surface area (Å²) in [5.74, 6) is -0.446. The summed E-state index contributed by atoms with van der Waals surface area (Å²) in [5.41, 5.74) is 1.69. The maximum absolute atomic E-state index is 14.4. The summed E-state index contributed by atoms with van der Waals surface area (Å²) >= 11 is 0. The lowest BCUT2D eigenvalue weighted by molar-refractivity contribution is 0.102. The number of benzene rings is 2. The molecule has 0 spiro atoms. The van der Waals surface area contributed by atoms with Crippen LogP contribution >= 0.6 is 0 Å². The Balaban J connectivity index is 1.49. The number of piperidine rings is 1. The van der Waals surface area contributed by atoms with Crippen LogP contribution in [0.3, 0.4) is 0 Å². The van der Waals surface area contributed by atoms with E-state index in [2.05, 4.69) is 10.3 Å². The lowest BCUT2D eigenvalue weighted by atomic mass is 10.1. The van der Waals surface area contributed by atoms with Gasteiger partial charge in [0.25, 0.3) is 5.91 Å². The smallest absolute Gasteiger partial charge is 0.255 e. The number of hydrogen-bond acceptors (Lipinski definition) is 4. The molecule has 1 fully saturated rings. The summed E-state index contributed by atoms with van der Waals surface area (Å²) in [7, 11) is -3.98. The molecule has 9 heteroatoms. The maximum Gasteiger partial charge on any atom is 0.255 e. The minimum absolute atomic E-state index is 0.0834. The van der Waals surface area contributed by atoms with Gasteiger partial charge in [-0.3, -0.25) is 4.79 Å². The molecule has 32 heavy (non-hydrogen) atoms. The Bertz CT molecular complexity index is 1220. The first-order chi connectivity index (χ1) is 15.3. The first-order valence-electron chi connectivity index (χ1n) is 10.5. The van der Waals surface area contributed by atoms with Gasteiger partial charge in [-0.2, -0.15) is 4.31 Å². The standard InChI is InChI=1S/C23H25FN4O3S/c1-17-25-11-14-27(17)16-18-5-8-20(9-6-18)26-23(29)19-7-10-21(24)22(15-19)32(30,31)28-12-3-2-4-13-28/h5-11,14-15H,2-4,12-13,16H2,1H3,(H,26,29). The molecule has 0 unspecified atom stereocenters. The lowest BCUT2D eigenvalue weighted by Gasteiger charge is -2.26. The van der Waals surface area contributed by atoms with Crippen molar-refractivity contribution in [3.8, 4) is 0 Å². The average molecular weight is 457 g/mol. The fourth-order valence-electron chi connectivity index (χ4n) is 3.75. The summed E-state index contributed by atoms with van der Waals surface area (Å²) in [5, 5.41) is 2.74. The Morgan fingerprint density at radius 1 is 1.09 bits per heavy atom. The van der Waals surface area contributed by atoms with Crippen LogP contribution in [0.1, 0.15) is 41.0 Å². The number of carbonyl (C=O) groups excluding carboxylic acids is 1. The zero-order valence-corrected chi connectivity index (χ0v) is 18.6. The predicted molar refractivity (Wildman–Crippen MR) is 119 cm³/mol. The molecule has 7 nitrogen and oxygen atoms in total. The van der Waals surface area contributed by atoms with E-state index in [0.717, 1.165) is 42.8 Å². The highest BCUT2D eigenvalue weighted by atomic mass is 32.2. The van der Waals surface area contributed by atoms with Gasteiger partial charge in [-0.05, 0) is 55.7 Å². The number of anilines is 1. The Labute approximate surface area is 186 Å². The first-order valence-corrected chi connectivity index (χ1v) is 12.0. The first kappa shape index (κ1) is 22.2. The molecule has 0 radical (unpaired) electrons. The number of rotatable bonds is 6. The van der Waals surface area contributed by atoms with Gasteiger partial charge in [0.2, 0.25) is 10.0 Å². The molecule has 168 valence electrons. The Kier molecular flexibility index (Phi) is 6.38. The van der Waals surface area contributed by atoms with Crippen LogP contribution < -0.4 is 5.32 Å². The summed E-state index contributed by atoms with van der Waals surface area (Å²) in [6.45, 7) is 3.32. The Morgan fingerprint density at radius 2 is 1.81 bits per heavy atom. The van der Waals surface area contributed by atoms with E-state index < -0.39 is 26.6 Å². The molecule has 0 atom stereocenters. The number of nitrogens with one attached hydrogen (secondary N) is 1. The van der Waals surface area contributed by atoms with Crippen LogP contribution in [0.4, 0.5) is 10.1 Å². The van der Waals surface area contributed by atoms with Gasteiger partial charge in [-0.15, -0.1) is 0 Å². The molecule has 1 aliphatic rings. The van der Waals surface area contributed by atoms with Crippen molar-refractivity contribution in [3.05, 3.63) is 77.6 Å². The number of hydrogen-bond donors (Lipinski definition) is 1. The predicted octanol–water partition coefficient (Wildman–Crippen LogP) is 3.81. The molecule has 1 aromatic heterocycles. The minimum atomic E-state index is -3.98. The molecule has 1 N–H and O–H groups in total. The second-order valence-corrected chi connectivity index (χ2v) is 9.77. The highest BCUT2D eigenvalue weighted by molar-refractivity contribution is 7.89. The van der Waals surface area contributed by atoms with Crippen molar-refractivity contribution in [2.24, 2.45) is 0 Å². The van der Waals surface area contributed by atoms with Crippen LogP contribution in [0.15, 0.2) is 59.8 Å². The van der Waals surface area contributed by atoms with Crippen LogP contribution in [0.2, 0.25) is 0 Å². The maximum atomic E-state index is 14.4. The topological polar surface area (TPSA) is 84.3 Å². The second kappa shape index (κ2) is 9.22. The summed E-state index contributed by atoms with van der Waals surface area (Å²) in [4.78, 5) is 16.4. The monoisotopic (exact) mass is 456 g/mol. The van der Waals surface area contributed by atoms with Crippen molar-refractivity contribution >= 4 is 21.6 Å². The van der Waals surface area contributed by atoms with Gasteiger partial charge < -0.3 is 9.88 Å². The number of aromatic nitrogens is 2. The SMILES string of the molecule is Cc1nccn1Cc1ccc(NC(=O)c2ccc(F)c(S(=O)(=O)N3CCCCC3)c2)cc1. The van der Waals surface area contributed by atoms with Crippen molar-refractivity contribution in [3.63, 3.8) is 0 Å². The van der Waals surface area contributed by atoms with E-state index in [-0.39, 0.29) is 5.56 Å². The molecule has 0 saturated carbocycles. The summed E-state index contributed by atoms with van der Waals surface area (Å²) in [6.07, 6.45) is 6.09. The molecular weight excluding hydrogens is 431 g/mol. The largest absolute Gasteiger partial charge is 0.331 e. The Morgan fingerprint density at radius 3 is 2.47 bits per heavy atom. The molecule has 4 rings (SSSR count). The van der Waals surface area contributed by atoms with Crippen LogP contribution in [0, 0.1) is 12.7 Å². The molecule has 2 heterocycles. The molecule has 3 aromatic rings. The molecular formula is C23H25FN4O3S. The molecule has 2 aromatic carbocycles. The molecule has 1 saturated heterocycles. The molecule has 1 aliphatic heterocycles. The van der Waals surface area contributed by atoms with Crippen molar-refractivity contribution in [1.82, 2.24) is 13.9 Å². The highest BCUT2D eigenvalue weighted by Gasteiger charge is 2.29. The van der Waals surface area contributed by atoms with E-state index in [4.69, 9.17) is 0 Å². The summed E-state index contributed by atoms with van der Waals surface area (Å²) in [6, 6.07) is 10.8. The third-order valence-electron chi connectivity index (χ3n) is 5.61. The van der Waals surface area contributed by atoms with E-state index in [0.29, 0.717) is 25.3 Å². The van der Waals surface area contributed by atoms with E-state index in [1.165, 1.54) is 10.4 Å². The average Bonchev–Trinajstić information content (AvgIpc) is 3.20. The van der Waals surface area contributed by atoms with Crippen molar-refractivity contribution in [2.75, 3.05) is 18.4 Å². The van der Waals surface area contributed by atoms with Gasteiger partial charge in [-0.1, -0.05) is 18.6 Å². The Hall–Kier alpha value is -3.04. The van der Waals surface area contributed by atoms with Gasteiger partial charge >= 0.3 is 0 Å². The van der Waals surface area contributed by atoms with Crippen molar-refractivity contribution in [2.45, 2.75) is 37.6 Å². The lowest BCUT2D eigenvalue weighted by Crippen LogP contribution is -2.36. The third kappa shape index (κ3) is 4.73. The molecule has 1 amide bonds. The molecule has 0 aliphatic carbocycles. The van der Waals surface area contributed by atoms with E-state index >= 15 is 0 Å². The van der Waals surface area contributed by atoms with Crippen molar-refractivity contribution < 1.29 is 17.6 Å². The number of carbonyl (C=O) groups is 1. The van der Waals surface area contributed by atoms with Gasteiger partial charge in [0.15, 0.2) is 0 Å². The number of halogens is 1. The van der Waals surface area contributed by atoms with Crippen LogP contribution in [-0.2, 0) is 16.6 Å². The zero-order chi connectivity index (χ0) is 22.7. The fourth-order valence-corrected chi connectivity index (χ4v) is 5.36. The zero-order valence-electron chi connectivity index (χ0n) is 17.8. The van der Waals surface area contributed by atoms with E-state index in [9.17, 15) is 17.6 Å². The van der Waals surface area contributed by atoms with E-state index in [1.54, 1.807) is 18.3 Å². The van der Waals surface area contributed by atoms with Gasteiger partial charge in [0.1, 0.15) is 16.5 Å². The van der Waals surface area contributed by atoms with Gasteiger partial charge in [-0.25, -0.2) is 17.8 Å². The molecule has 0 bridgehead atoms. The summed E-state index contributed by atoms with van der Waals surface area (Å²) < 4.78 is 43.5. The van der Waals surface area contributed by atoms with E-state index in [1.807, 2.05) is 29.8 Å². The number of imidazole rings is 1. The number of sulfonamides is 1. The minimum Gasteiger partial charge on any atom is -0.331 e. The van der Waals surface area contributed by atoms with Crippen LogP contribution in [0.5, 0.6) is 0 Å². The normalized spacial score (nSPS) is 14.9. The quantitative estimate of drug-likeness (QED) is 0.611. The van der Waals surface area contributed by atoms with Crippen LogP contribution in [0.25, 0.3) is 0 Å². The second-order valence-electron chi connectivity index (χ2n) is 7.86. The third-order valence-corrected chi connectivity index (χ3v) is 7.53. The highest BCUT2D eigenvalue weighted by Crippen LogP contribution is 2.24. The van der Waals surface area contributed by atoms with Crippen LogP contribution in [-0.4, -0.2) is 41.3 Å². The van der Waals surface area contributed by atoms with Crippen molar-refractivity contribution in [1.29, 1.82) is 0 Å². The fraction of sp³-hybridized carbons (Fsp3) is 0.304. The number of aryl methyl sites for hydroxylation is 1. The van der Waals surface area contributed by atoms with Gasteiger partial charge in [0, 0.05) is 43.3 Å².